The SMILES string of the molecule is CCc1cc2c(-c3ccccc3)cccc2[cH-]1.[C-](=C(C(=Cc1ccccc1)c1ccccc1)c1ccccc1)c1ccccc1.[Zr+2]. The second-order valence-corrected chi connectivity index (χ2v) is 11.0. The van der Waals surface area contributed by atoms with Gasteiger partial charge in [-0.15, -0.1) is 63.9 Å². The van der Waals surface area contributed by atoms with Gasteiger partial charge < -0.3 is 0 Å². The molecule has 0 saturated carbocycles. The monoisotopic (exact) mass is 666 g/mol. The third-order valence-electron chi connectivity index (χ3n) is 7.87. The Bertz CT molecular complexity index is 1890. The maximum absolute atomic E-state index is 3.66. The number of fused-ring (bicyclic) bond motifs is 1. The summed E-state index contributed by atoms with van der Waals surface area (Å²) in [6.07, 6.45) is 7.01. The zero-order valence-corrected chi connectivity index (χ0v) is 28.6. The van der Waals surface area contributed by atoms with Crippen molar-refractivity contribution in [2.75, 3.05) is 0 Å². The maximum Gasteiger partial charge on any atom is 2.00 e. The molecule has 0 amide bonds. The molecule has 0 aliphatic carbocycles. The van der Waals surface area contributed by atoms with Gasteiger partial charge in [0, 0.05) is 0 Å². The number of aryl methyl sites for hydroxylation is 1. The van der Waals surface area contributed by atoms with E-state index in [1.54, 1.807) is 0 Å². The van der Waals surface area contributed by atoms with Gasteiger partial charge in [-0.05, 0) is 17.5 Å². The van der Waals surface area contributed by atoms with Crippen molar-refractivity contribution in [3.05, 3.63) is 216 Å². The molecule has 0 aliphatic rings. The number of allylic oxidation sites excluding steroid dienone is 2. The van der Waals surface area contributed by atoms with Crippen LogP contribution in [-0.2, 0) is 32.6 Å². The van der Waals surface area contributed by atoms with Crippen LogP contribution in [0.25, 0.3) is 39.1 Å². The number of rotatable bonds is 7. The van der Waals surface area contributed by atoms with Crippen molar-refractivity contribution in [1.29, 1.82) is 0 Å². The molecule has 0 N–H and O–H groups in total. The van der Waals surface area contributed by atoms with Crippen LogP contribution < -0.4 is 0 Å². The van der Waals surface area contributed by atoms with E-state index in [0.717, 1.165) is 28.7 Å². The fourth-order valence-electron chi connectivity index (χ4n) is 5.57. The normalized spacial score (nSPS) is 11.3. The molecule has 1 heteroatoms. The van der Waals surface area contributed by atoms with Gasteiger partial charge in [-0.2, -0.15) is 6.07 Å². The Balaban J connectivity index is 0.000000198. The molecule has 0 spiro atoms. The van der Waals surface area contributed by atoms with E-state index in [0.29, 0.717) is 0 Å². The van der Waals surface area contributed by atoms with Crippen LogP contribution in [0.2, 0.25) is 0 Å². The van der Waals surface area contributed by atoms with Crippen LogP contribution in [0.1, 0.15) is 34.7 Å². The molecule has 0 heterocycles. The average molecular weight is 668 g/mol. The average Bonchev–Trinajstić information content (AvgIpc) is 3.56. The molecular formula is C45H36Zr. The molecule has 0 atom stereocenters. The number of hydrogen-bond donors (Lipinski definition) is 0. The summed E-state index contributed by atoms with van der Waals surface area (Å²) in [5.74, 6) is 0. The van der Waals surface area contributed by atoms with E-state index in [1.807, 2.05) is 30.3 Å². The van der Waals surface area contributed by atoms with Gasteiger partial charge in [-0.25, -0.2) is 0 Å². The van der Waals surface area contributed by atoms with Crippen LogP contribution in [0.5, 0.6) is 0 Å². The fourth-order valence-corrected chi connectivity index (χ4v) is 5.57. The van der Waals surface area contributed by atoms with E-state index < -0.39 is 0 Å². The largest absolute Gasteiger partial charge is 2.00 e. The summed E-state index contributed by atoms with van der Waals surface area (Å²) < 4.78 is 0. The fraction of sp³-hybridized carbons (Fsp3) is 0.0444. The van der Waals surface area contributed by atoms with E-state index >= 15 is 0 Å². The van der Waals surface area contributed by atoms with Gasteiger partial charge in [0.15, 0.2) is 0 Å². The molecule has 0 fully saturated rings. The Morgan fingerprint density at radius 2 is 1.13 bits per heavy atom. The van der Waals surface area contributed by atoms with Gasteiger partial charge in [-0.3, -0.25) is 0 Å². The maximum atomic E-state index is 3.66. The van der Waals surface area contributed by atoms with E-state index in [9.17, 15) is 0 Å². The summed E-state index contributed by atoms with van der Waals surface area (Å²) in [4.78, 5) is 0. The Morgan fingerprint density at radius 1 is 0.587 bits per heavy atom. The minimum Gasteiger partial charge on any atom is -0.164 e. The van der Waals surface area contributed by atoms with Crippen molar-refractivity contribution in [3.63, 3.8) is 0 Å². The molecule has 7 aromatic carbocycles. The van der Waals surface area contributed by atoms with Crippen molar-refractivity contribution in [3.8, 4) is 11.1 Å². The van der Waals surface area contributed by atoms with Gasteiger partial charge in [0.05, 0.1) is 0 Å². The molecule has 0 nitrogen and oxygen atoms in total. The van der Waals surface area contributed by atoms with Crippen molar-refractivity contribution < 1.29 is 26.2 Å². The van der Waals surface area contributed by atoms with Gasteiger partial charge in [-0.1, -0.05) is 181 Å². The van der Waals surface area contributed by atoms with Crippen molar-refractivity contribution in [2.45, 2.75) is 13.3 Å². The predicted molar refractivity (Wildman–Crippen MR) is 194 cm³/mol. The summed E-state index contributed by atoms with van der Waals surface area (Å²) in [5, 5.41) is 2.72. The second kappa shape index (κ2) is 16.6. The minimum absolute atomic E-state index is 0. The van der Waals surface area contributed by atoms with Crippen LogP contribution in [0.15, 0.2) is 182 Å². The first-order valence-electron chi connectivity index (χ1n) is 15.6. The smallest absolute Gasteiger partial charge is 0.164 e. The Labute approximate surface area is 292 Å². The molecule has 7 aromatic rings. The minimum atomic E-state index is 0. The standard InChI is InChI=1S/C28H21.C17H15.Zr/c1-5-13-23(14-6-1)21-27(25-17-9-3-10-18-25)28(26-19-11-4-12-20-26)22-24-15-7-2-8-16-24;1-2-13-11-15-9-6-10-16(17(15)12-13)14-7-4-3-5-8-14;/h1-21H;3-12H,2H2,1H3;/q2*-1;+2. The molecular weight excluding hydrogens is 632 g/mol. The molecule has 0 aliphatic heterocycles. The molecule has 7 rings (SSSR count). The third-order valence-corrected chi connectivity index (χ3v) is 7.87. The van der Waals surface area contributed by atoms with Gasteiger partial charge in [0.25, 0.3) is 0 Å². The Kier molecular flexibility index (Phi) is 11.8. The number of benzene rings is 6. The molecule has 0 saturated heterocycles. The Morgan fingerprint density at radius 3 is 1.74 bits per heavy atom. The summed E-state index contributed by atoms with van der Waals surface area (Å²) in [7, 11) is 0. The molecule has 220 valence electrons. The third kappa shape index (κ3) is 8.31. The van der Waals surface area contributed by atoms with E-state index in [-0.39, 0.29) is 26.2 Å². The summed E-state index contributed by atoms with van der Waals surface area (Å²) in [6.45, 7) is 2.20. The number of hydrogen-bond acceptors (Lipinski definition) is 0. The van der Waals surface area contributed by atoms with E-state index in [2.05, 4.69) is 171 Å². The van der Waals surface area contributed by atoms with Crippen molar-refractivity contribution >= 4 is 28.0 Å². The molecule has 0 radical (unpaired) electrons. The molecule has 0 unspecified atom stereocenters. The summed E-state index contributed by atoms with van der Waals surface area (Å²) >= 11 is 0. The van der Waals surface area contributed by atoms with Gasteiger partial charge >= 0.3 is 26.2 Å². The zero-order valence-electron chi connectivity index (χ0n) is 26.1. The van der Waals surface area contributed by atoms with E-state index in [4.69, 9.17) is 0 Å². The second-order valence-electron chi connectivity index (χ2n) is 11.0. The van der Waals surface area contributed by atoms with Crippen molar-refractivity contribution in [2.24, 2.45) is 0 Å². The van der Waals surface area contributed by atoms with Gasteiger partial charge in [0.2, 0.25) is 0 Å². The van der Waals surface area contributed by atoms with Gasteiger partial charge in [0.1, 0.15) is 0 Å². The molecule has 0 bridgehead atoms. The first kappa shape index (κ1) is 32.7. The zero-order chi connectivity index (χ0) is 30.7. The first-order chi connectivity index (χ1) is 22.3. The van der Waals surface area contributed by atoms with E-state index in [1.165, 1.54) is 38.6 Å². The van der Waals surface area contributed by atoms with Crippen LogP contribution in [0.4, 0.5) is 0 Å². The van der Waals surface area contributed by atoms with Crippen LogP contribution in [-0.4, -0.2) is 0 Å². The summed E-state index contributed by atoms with van der Waals surface area (Å²) in [6, 6.07) is 63.5. The first-order valence-corrected chi connectivity index (χ1v) is 15.6. The predicted octanol–water partition coefficient (Wildman–Crippen LogP) is 11.9. The summed E-state index contributed by atoms with van der Waals surface area (Å²) in [5.41, 5.74) is 10.9. The van der Waals surface area contributed by atoms with Crippen LogP contribution in [0.3, 0.4) is 0 Å². The van der Waals surface area contributed by atoms with Crippen molar-refractivity contribution in [1.82, 2.24) is 0 Å². The van der Waals surface area contributed by atoms with Crippen LogP contribution >= 0.6 is 0 Å². The van der Waals surface area contributed by atoms with Crippen LogP contribution in [0, 0.1) is 6.08 Å². The topological polar surface area (TPSA) is 0 Å². The molecule has 0 aromatic heterocycles. The quantitative estimate of drug-likeness (QED) is 0.0901. The molecule has 46 heavy (non-hydrogen) atoms. The Hall–Kier alpha value is -4.71.